The Morgan fingerprint density at radius 2 is 2.33 bits per heavy atom. The van der Waals surface area contributed by atoms with E-state index in [1.54, 1.807) is 13.2 Å². The summed E-state index contributed by atoms with van der Waals surface area (Å²) in [6, 6.07) is 1.77. The molecule has 0 saturated heterocycles. The predicted molar refractivity (Wildman–Crippen MR) is 55.6 cm³/mol. The Kier molecular flexibility index (Phi) is 2.86. The van der Waals surface area contributed by atoms with Gasteiger partial charge in [-0.25, -0.2) is 9.97 Å². The van der Waals surface area contributed by atoms with Gasteiger partial charge in [-0.2, -0.15) is 0 Å². The van der Waals surface area contributed by atoms with Gasteiger partial charge in [0, 0.05) is 12.5 Å². The van der Waals surface area contributed by atoms with Crippen molar-refractivity contribution in [1.29, 1.82) is 0 Å². The number of hydrogen-bond donors (Lipinski definition) is 1. The van der Waals surface area contributed by atoms with Gasteiger partial charge in [-0.05, 0) is 18.3 Å². The zero-order valence-electron chi connectivity index (χ0n) is 9.05. The van der Waals surface area contributed by atoms with E-state index in [1.165, 1.54) is 6.33 Å². The van der Waals surface area contributed by atoms with Gasteiger partial charge in [0.15, 0.2) is 0 Å². The summed E-state index contributed by atoms with van der Waals surface area (Å²) >= 11 is 0. The first kappa shape index (κ1) is 10.4. The zero-order valence-corrected chi connectivity index (χ0v) is 9.05. The third-order valence-electron chi connectivity index (χ3n) is 2.99. The SMILES string of the molecule is COc1cc(CC(O)C2CC2C)ncn1. The van der Waals surface area contributed by atoms with Crippen molar-refractivity contribution in [3.63, 3.8) is 0 Å². The van der Waals surface area contributed by atoms with Crippen LogP contribution in [-0.2, 0) is 6.42 Å². The Labute approximate surface area is 89.3 Å². The molecule has 1 aliphatic rings. The fraction of sp³-hybridized carbons (Fsp3) is 0.636. The number of aliphatic hydroxyl groups is 1. The molecule has 15 heavy (non-hydrogen) atoms. The van der Waals surface area contributed by atoms with Crippen LogP contribution in [0.2, 0.25) is 0 Å². The van der Waals surface area contributed by atoms with Crippen molar-refractivity contribution in [2.75, 3.05) is 7.11 Å². The average molecular weight is 208 g/mol. The first-order chi connectivity index (χ1) is 7.20. The molecule has 1 aromatic rings. The van der Waals surface area contributed by atoms with Crippen LogP contribution in [0.5, 0.6) is 5.88 Å². The Morgan fingerprint density at radius 1 is 1.60 bits per heavy atom. The lowest BCUT2D eigenvalue weighted by atomic mass is 10.1. The summed E-state index contributed by atoms with van der Waals surface area (Å²) in [7, 11) is 1.57. The minimum Gasteiger partial charge on any atom is -0.481 e. The van der Waals surface area contributed by atoms with Crippen molar-refractivity contribution in [3.05, 3.63) is 18.1 Å². The predicted octanol–water partition coefficient (Wildman–Crippen LogP) is 1.04. The summed E-state index contributed by atoms with van der Waals surface area (Å²) in [6.07, 6.45) is 2.91. The van der Waals surface area contributed by atoms with Gasteiger partial charge >= 0.3 is 0 Å². The first-order valence-electron chi connectivity index (χ1n) is 5.23. The molecule has 0 amide bonds. The van der Waals surface area contributed by atoms with Crippen LogP contribution in [0.3, 0.4) is 0 Å². The number of rotatable bonds is 4. The van der Waals surface area contributed by atoms with Crippen LogP contribution < -0.4 is 4.74 Å². The van der Waals surface area contributed by atoms with Crippen LogP contribution in [-0.4, -0.2) is 28.3 Å². The molecule has 3 atom stereocenters. The lowest BCUT2D eigenvalue weighted by Crippen LogP contribution is -2.15. The number of nitrogens with zero attached hydrogens (tertiary/aromatic N) is 2. The number of methoxy groups -OCH3 is 1. The maximum Gasteiger partial charge on any atom is 0.216 e. The number of aromatic nitrogens is 2. The van der Waals surface area contributed by atoms with Gasteiger partial charge in [-0.1, -0.05) is 6.92 Å². The summed E-state index contributed by atoms with van der Waals surface area (Å²) in [6.45, 7) is 2.16. The second kappa shape index (κ2) is 4.14. The molecule has 4 heteroatoms. The van der Waals surface area contributed by atoms with E-state index in [0.29, 0.717) is 24.1 Å². The third-order valence-corrected chi connectivity index (χ3v) is 2.99. The van der Waals surface area contributed by atoms with E-state index < -0.39 is 0 Å². The molecule has 0 bridgehead atoms. The second-order valence-electron chi connectivity index (χ2n) is 4.20. The monoisotopic (exact) mass is 208 g/mol. The molecule has 2 rings (SSSR count). The highest BCUT2D eigenvalue weighted by Crippen LogP contribution is 2.41. The third kappa shape index (κ3) is 2.45. The van der Waals surface area contributed by atoms with Crippen LogP contribution >= 0.6 is 0 Å². The molecule has 0 radical (unpaired) electrons. The molecule has 1 fully saturated rings. The van der Waals surface area contributed by atoms with Crippen LogP contribution in [0, 0.1) is 11.8 Å². The molecule has 4 nitrogen and oxygen atoms in total. The molecule has 82 valence electrons. The van der Waals surface area contributed by atoms with E-state index in [9.17, 15) is 5.11 Å². The number of ether oxygens (including phenoxy) is 1. The summed E-state index contributed by atoms with van der Waals surface area (Å²) in [5, 5.41) is 9.88. The molecule has 1 N–H and O–H groups in total. The summed E-state index contributed by atoms with van der Waals surface area (Å²) in [5.41, 5.74) is 0.841. The first-order valence-corrected chi connectivity index (χ1v) is 5.23. The van der Waals surface area contributed by atoms with Crippen molar-refractivity contribution in [2.24, 2.45) is 11.8 Å². The van der Waals surface area contributed by atoms with E-state index in [0.717, 1.165) is 12.1 Å². The Balaban J connectivity index is 1.97. The summed E-state index contributed by atoms with van der Waals surface area (Å²) < 4.78 is 5.00. The molecule has 1 aliphatic carbocycles. The molecule has 3 unspecified atom stereocenters. The summed E-state index contributed by atoms with van der Waals surface area (Å²) in [5.74, 6) is 1.66. The van der Waals surface area contributed by atoms with Crippen LogP contribution in [0.4, 0.5) is 0 Å². The molecule has 0 aromatic carbocycles. The van der Waals surface area contributed by atoms with Gasteiger partial charge in [0.05, 0.1) is 18.9 Å². The van der Waals surface area contributed by atoms with Gasteiger partial charge in [0.1, 0.15) is 6.33 Å². The van der Waals surface area contributed by atoms with Crippen LogP contribution in [0.1, 0.15) is 19.0 Å². The van der Waals surface area contributed by atoms with Crippen molar-refractivity contribution in [3.8, 4) is 5.88 Å². The van der Waals surface area contributed by atoms with E-state index in [-0.39, 0.29) is 6.10 Å². The highest BCUT2D eigenvalue weighted by atomic mass is 16.5. The number of aliphatic hydroxyl groups excluding tert-OH is 1. The highest BCUT2D eigenvalue weighted by molar-refractivity contribution is 5.14. The van der Waals surface area contributed by atoms with Crippen LogP contribution in [0.15, 0.2) is 12.4 Å². The normalized spacial score (nSPS) is 26.1. The minimum absolute atomic E-state index is 0.278. The smallest absolute Gasteiger partial charge is 0.216 e. The Bertz CT molecular complexity index is 343. The zero-order chi connectivity index (χ0) is 10.8. The molecule has 0 spiro atoms. The lowest BCUT2D eigenvalue weighted by Gasteiger charge is -2.09. The van der Waals surface area contributed by atoms with Gasteiger partial charge in [0.2, 0.25) is 5.88 Å². The molecular weight excluding hydrogens is 192 g/mol. The maximum absolute atomic E-state index is 9.88. The van der Waals surface area contributed by atoms with Crippen molar-refractivity contribution in [2.45, 2.75) is 25.9 Å². The second-order valence-corrected chi connectivity index (χ2v) is 4.20. The van der Waals surface area contributed by atoms with Crippen LogP contribution in [0.25, 0.3) is 0 Å². The van der Waals surface area contributed by atoms with Gasteiger partial charge in [-0.3, -0.25) is 0 Å². The van der Waals surface area contributed by atoms with Gasteiger partial charge in [0.25, 0.3) is 0 Å². The van der Waals surface area contributed by atoms with E-state index >= 15 is 0 Å². The molecule has 1 saturated carbocycles. The van der Waals surface area contributed by atoms with E-state index in [2.05, 4.69) is 16.9 Å². The van der Waals surface area contributed by atoms with Crippen molar-refractivity contribution < 1.29 is 9.84 Å². The number of hydrogen-bond acceptors (Lipinski definition) is 4. The average Bonchev–Trinajstić information content (AvgIpc) is 2.96. The highest BCUT2D eigenvalue weighted by Gasteiger charge is 2.38. The molecular formula is C11H16N2O2. The summed E-state index contributed by atoms with van der Waals surface area (Å²) in [4.78, 5) is 8.04. The quantitative estimate of drug-likeness (QED) is 0.803. The van der Waals surface area contributed by atoms with E-state index in [4.69, 9.17) is 4.74 Å². The van der Waals surface area contributed by atoms with E-state index in [1.807, 2.05) is 0 Å². The maximum atomic E-state index is 9.88. The minimum atomic E-state index is -0.278. The fourth-order valence-electron chi connectivity index (χ4n) is 1.85. The Morgan fingerprint density at radius 3 is 2.93 bits per heavy atom. The largest absolute Gasteiger partial charge is 0.481 e. The van der Waals surface area contributed by atoms with Crippen molar-refractivity contribution in [1.82, 2.24) is 9.97 Å². The Hall–Kier alpha value is -1.16. The molecule has 1 heterocycles. The van der Waals surface area contributed by atoms with Crippen molar-refractivity contribution >= 4 is 0 Å². The van der Waals surface area contributed by atoms with Gasteiger partial charge < -0.3 is 9.84 Å². The van der Waals surface area contributed by atoms with Gasteiger partial charge in [-0.15, -0.1) is 0 Å². The molecule has 1 aromatic heterocycles. The molecule has 0 aliphatic heterocycles. The fourth-order valence-corrected chi connectivity index (χ4v) is 1.85. The standard InChI is InChI=1S/C11H16N2O2/c1-7-3-9(7)10(14)4-8-5-11(15-2)13-6-12-8/h5-7,9-10,14H,3-4H2,1-2H3. The lowest BCUT2D eigenvalue weighted by molar-refractivity contribution is 0.145. The topological polar surface area (TPSA) is 55.2 Å².